The molecule has 0 aliphatic carbocycles. The van der Waals surface area contributed by atoms with Gasteiger partial charge in [0.15, 0.2) is 0 Å². The summed E-state index contributed by atoms with van der Waals surface area (Å²) in [4.78, 5) is 4.53. The number of rotatable bonds is 6. The minimum atomic E-state index is 0.497. The van der Waals surface area contributed by atoms with Crippen molar-refractivity contribution in [2.45, 2.75) is 24.1 Å². The normalized spacial score (nSPS) is 12.1. The summed E-state index contributed by atoms with van der Waals surface area (Å²) in [7, 11) is 1.69. The Labute approximate surface area is 123 Å². The molecule has 2 rings (SSSR count). The molecule has 1 unspecified atom stereocenters. The van der Waals surface area contributed by atoms with Gasteiger partial charge < -0.3 is 4.74 Å². The molecule has 0 radical (unpaired) electrons. The van der Waals surface area contributed by atoms with Crippen LogP contribution in [0.2, 0.25) is 0 Å². The lowest BCUT2D eigenvalue weighted by Gasteiger charge is -2.10. The third-order valence-corrected chi connectivity index (χ3v) is 3.89. The molecule has 0 fully saturated rings. The third kappa shape index (κ3) is 4.67. The fourth-order valence-electron chi connectivity index (χ4n) is 1.99. The second-order valence-electron chi connectivity index (χ2n) is 4.54. The van der Waals surface area contributed by atoms with Crippen LogP contribution in [-0.2, 0) is 12.8 Å². The Morgan fingerprint density at radius 3 is 2.37 bits per heavy atom. The Hall–Kier alpha value is -1.35. The SMILES string of the molecule is COc1ccc(CCC(Br)Cc2ccncc2)cc1. The molecule has 0 saturated carbocycles. The van der Waals surface area contributed by atoms with Gasteiger partial charge in [0.05, 0.1) is 7.11 Å². The quantitative estimate of drug-likeness (QED) is 0.750. The first kappa shape index (κ1) is 14.1. The topological polar surface area (TPSA) is 22.1 Å². The standard InChI is InChI=1S/C16H18BrNO/c1-19-16-6-3-13(4-7-16)2-5-15(17)12-14-8-10-18-11-9-14/h3-4,6-11,15H,2,5,12H2,1H3. The average molecular weight is 320 g/mol. The van der Waals surface area contributed by atoms with Crippen LogP contribution in [0.1, 0.15) is 17.5 Å². The zero-order chi connectivity index (χ0) is 13.5. The Balaban J connectivity index is 1.81. The van der Waals surface area contributed by atoms with Crippen LogP contribution < -0.4 is 4.74 Å². The van der Waals surface area contributed by atoms with Gasteiger partial charge in [-0.3, -0.25) is 4.98 Å². The van der Waals surface area contributed by atoms with Gasteiger partial charge in [-0.2, -0.15) is 0 Å². The molecule has 1 heterocycles. The lowest BCUT2D eigenvalue weighted by Crippen LogP contribution is -2.04. The highest BCUT2D eigenvalue weighted by Crippen LogP contribution is 2.18. The lowest BCUT2D eigenvalue weighted by atomic mass is 10.0. The summed E-state index contributed by atoms with van der Waals surface area (Å²) in [6.07, 6.45) is 6.93. The number of alkyl halides is 1. The highest BCUT2D eigenvalue weighted by molar-refractivity contribution is 9.09. The largest absolute Gasteiger partial charge is 0.497 e. The molecule has 3 heteroatoms. The van der Waals surface area contributed by atoms with Crippen molar-refractivity contribution >= 4 is 15.9 Å². The second-order valence-corrected chi connectivity index (χ2v) is 5.84. The van der Waals surface area contributed by atoms with E-state index in [1.807, 2.05) is 24.5 Å². The molecule has 2 nitrogen and oxygen atoms in total. The maximum atomic E-state index is 5.16. The van der Waals surface area contributed by atoms with Gasteiger partial charge in [0.1, 0.15) is 5.75 Å². The van der Waals surface area contributed by atoms with Crippen LogP contribution in [0.3, 0.4) is 0 Å². The third-order valence-electron chi connectivity index (χ3n) is 3.11. The van der Waals surface area contributed by atoms with Gasteiger partial charge in [-0.25, -0.2) is 0 Å². The molecule has 19 heavy (non-hydrogen) atoms. The van der Waals surface area contributed by atoms with Crippen molar-refractivity contribution < 1.29 is 4.74 Å². The van der Waals surface area contributed by atoms with Crippen LogP contribution in [-0.4, -0.2) is 16.9 Å². The van der Waals surface area contributed by atoms with E-state index in [1.165, 1.54) is 11.1 Å². The van der Waals surface area contributed by atoms with Crippen molar-refractivity contribution in [3.05, 3.63) is 59.9 Å². The average Bonchev–Trinajstić information content (AvgIpc) is 2.47. The smallest absolute Gasteiger partial charge is 0.118 e. The van der Waals surface area contributed by atoms with Crippen LogP contribution in [0.5, 0.6) is 5.75 Å². The summed E-state index contributed by atoms with van der Waals surface area (Å²) >= 11 is 3.76. The molecule has 1 atom stereocenters. The van der Waals surface area contributed by atoms with E-state index < -0.39 is 0 Å². The van der Waals surface area contributed by atoms with Gasteiger partial charge in [-0.15, -0.1) is 0 Å². The first-order valence-corrected chi connectivity index (χ1v) is 7.35. The van der Waals surface area contributed by atoms with Crippen LogP contribution >= 0.6 is 15.9 Å². The number of aromatic nitrogens is 1. The maximum absolute atomic E-state index is 5.16. The highest BCUT2D eigenvalue weighted by atomic mass is 79.9. The minimum Gasteiger partial charge on any atom is -0.497 e. The van der Waals surface area contributed by atoms with E-state index in [-0.39, 0.29) is 0 Å². The Bertz CT molecular complexity index is 484. The van der Waals surface area contributed by atoms with Crippen molar-refractivity contribution in [2.75, 3.05) is 7.11 Å². The molecule has 2 aromatic rings. The number of halogens is 1. The summed E-state index contributed by atoms with van der Waals surface area (Å²) < 4.78 is 5.16. The van der Waals surface area contributed by atoms with Gasteiger partial charge in [-0.05, 0) is 54.7 Å². The monoisotopic (exact) mass is 319 g/mol. The number of methoxy groups -OCH3 is 1. The van der Waals surface area contributed by atoms with E-state index in [0.29, 0.717) is 4.83 Å². The minimum absolute atomic E-state index is 0.497. The molecular weight excluding hydrogens is 302 g/mol. The van der Waals surface area contributed by atoms with Crippen LogP contribution in [0.4, 0.5) is 0 Å². The first-order chi connectivity index (χ1) is 9.28. The fraction of sp³-hybridized carbons (Fsp3) is 0.312. The summed E-state index contributed by atoms with van der Waals surface area (Å²) in [6, 6.07) is 12.4. The summed E-state index contributed by atoms with van der Waals surface area (Å²) in [5, 5.41) is 0. The highest BCUT2D eigenvalue weighted by Gasteiger charge is 2.06. The van der Waals surface area contributed by atoms with Gasteiger partial charge in [0.2, 0.25) is 0 Å². The van der Waals surface area contributed by atoms with E-state index in [0.717, 1.165) is 25.0 Å². The molecule has 0 aliphatic heterocycles. The van der Waals surface area contributed by atoms with Gasteiger partial charge in [0.25, 0.3) is 0 Å². The zero-order valence-electron chi connectivity index (χ0n) is 11.1. The molecule has 0 N–H and O–H groups in total. The zero-order valence-corrected chi connectivity index (χ0v) is 12.6. The molecule has 0 aliphatic rings. The van der Waals surface area contributed by atoms with Crippen LogP contribution in [0.15, 0.2) is 48.8 Å². The first-order valence-electron chi connectivity index (χ1n) is 6.44. The van der Waals surface area contributed by atoms with E-state index in [9.17, 15) is 0 Å². The number of pyridine rings is 1. The number of hydrogen-bond donors (Lipinski definition) is 0. The molecule has 100 valence electrons. The van der Waals surface area contributed by atoms with Crippen molar-refractivity contribution in [1.29, 1.82) is 0 Å². The summed E-state index contributed by atoms with van der Waals surface area (Å²) in [6.45, 7) is 0. The molecule has 1 aromatic carbocycles. The Kier molecular flexibility index (Phi) is 5.40. The number of nitrogens with zero attached hydrogens (tertiary/aromatic N) is 1. The number of hydrogen-bond acceptors (Lipinski definition) is 2. The number of benzene rings is 1. The van der Waals surface area contributed by atoms with E-state index in [2.05, 4.69) is 45.2 Å². The van der Waals surface area contributed by atoms with E-state index >= 15 is 0 Å². The fourth-order valence-corrected chi connectivity index (χ4v) is 2.59. The van der Waals surface area contributed by atoms with Crippen molar-refractivity contribution in [3.8, 4) is 5.75 Å². The van der Waals surface area contributed by atoms with E-state index in [4.69, 9.17) is 4.74 Å². The number of ether oxygens (including phenoxy) is 1. The van der Waals surface area contributed by atoms with Gasteiger partial charge in [-0.1, -0.05) is 28.1 Å². The van der Waals surface area contributed by atoms with Gasteiger partial charge >= 0.3 is 0 Å². The molecular formula is C16H18BrNO. The number of aryl methyl sites for hydroxylation is 1. The molecule has 0 bridgehead atoms. The van der Waals surface area contributed by atoms with Crippen molar-refractivity contribution in [1.82, 2.24) is 4.98 Å². The van der Waals surface area contributed by atoms with Crippen LogP contribution in [0.25, 0.3) is 0 Å². The van der Waals surface area contributed by atoms with Gasteiger partial charge in [0, 0.05) is 17.2 Å². The molecule has 0 amide bonds. The predicted molar refractivity (Wildman–Crippen MR) is 82.0 cm³/mol. The maximum Gasteiger partial charge on any atom is 0.118 e. The second kappa shape index (κ2) is 7.29. The van der Waals surface area contributed by atoms with Crippen molar-refractivity contribution in [3.63, 3.8) is 0 Å². The van der Waals surface area contributed by atoms with Crippen LogP contribution in [0, 0.1) is 0 Å². The van der Waals surface area contributed by atoms with E-state index in [1.54, 1.807) is 7.11 Å². The molecule has 1 aromatic heterocycles. The Morgan fingerprint density at radius 1 is 1.05 bits per heavy atom. The molecule has 0 saturated heterocycles. The molecule has 0 spiro atoms. The van der Waals surface area contributed by atoms with Crippen molar-refractivity contribution in [2.24, 2.45) is 0 Å². The summed E-state index contributed by atoms with van der Waals surface area (Å²) in [5.74, 6) is 0.913. The summed E-state index contributed by atoms with van der Waals surface area (Å²) in [5.41, 5.74) is 2.67. The predicted octanol–water partition coefficient (Wildman–Crippen LogP) is 4.03. The lowest BCUT2D eigenvalue weighted by molar-refractivity contribution is 0.414. The Morgan fingerprint density at radius 2 is 1.74 bits per heavy atom.